The Balaban J connectivity index is 1.61. The van der Waals surface area contributed by atoms with Gasteiger partial charge >= 0.3 is 6.18 Å². The number of nitrogens with one attached hydrogen (secondary N) is 1. The first-order valence-electron chi connectivity index (χ1n) is 10.7. The number of alkyl halides is 4. The average molecular weight is 502 g/mol. The second kappa shape index (κ2) is 8.39. The highest BCUT2D eigenvalue weighted by atomic mass is 32.2. The van der Waals surface area contributed by atoms with Crippen molar-refractivity contribution in [1.82, 2.24) is 15.3 Å². The molecule has 0 radical (unpaired) electrons. The monoisotopic (exact) mass is 501 g/mol. The van der Waals surface area contributed by atoms with Gasteiger partial charge < -0.3 is 5.32 Å². The van der Waals surface area contributed by atoms with Crippen LogP contribution in [0.1, 0.15) is 16.8 Å². The highest BCUT2D eigenvalue weighted by molar-refractivity contribution is 7.90. The van der Waals surface area contributed by atoms with E-state index in [-0.39, 0.29) is 29.3 Å². The van der Waals surface area contributed by atoms with E-state index in [2.05, 4.69) is 15.3 Å². The molecule has 0 amide bonds. The Labute approximate surface area is 198 Å². The van der Waals surface area contributed by atoms with Gasteiger partial charge in [0.05, 0.1) is 21.9 Å². The van der Waals surface area contributed by atoms with E-state index in [4.69, 9.17) is 0 Å². The second-order valence-electron chi connectivity index (χ2n) is 8.48. The molecule has 5 rings (SSSR count). The summed E-state index contributed by atoms with van der Waals surface area (Å²) in [6.07, 6.45) is -1.87. The van der Waals surface area contributed by atoms with Crippen molar-refractivity contribution in [2.75, 3.05) is 13.1 Å². The molecule has 1 aliphatic heterocycles. The number of sulfone groups is 1. The lowest BCUT2D eigenvalue weighted by molar-refractivity contribution is -0.137. The van der Waals surface area contributed by atoms with Gasteiger partial charge in [-0.3, -0.25) is 0 Å². The van der Waals surface area contributed by atoms with Gasteiger partial charge in [-0.1, -0.05) is 30.3 Å². The molecular formula is C25H19F4N3O2S. The standard InChI is InChI=1S/C25H19F4N3O2S/c26-24(13-31-14-24)23-11-17(25(27,28)29)4-6-22(23)21-3-1-2-16-10-19(5-7-20(16)21)35(33,34)12-18-8-9-30-15-32-18/h1-11,15,31H,12-14H2. The van der Waals surface area contributed by atoms with E-state index in [0.717, 1.165) is 12.1 Å². The van der Waals surface area contributed by atoms with E-state index < -0.39 is 27.2 Å². The summed E-state index contributed by atoms with van der Waals surface area (Å²) in [4.78, 5) is 7.83. The summed E-state index contributed by atoms with van der Waals surface area (Å²) in [5.41, 5.74) is -1.68. The minimum absolute atomic E-state index is 0.0426. The molecule has 5 nitrogen and oxygen atoms in total. The molecule has 1 N–H and O–H groups in total. The summed E-state index contributed by atoms with van der Waals surface area (Å²) in [5, 5.41) is 3.95. The maximum atomic E-state index is 15.5. The normalized spacial score (nSPS) is 15.7. The van der Waals surface area contributed by atoms with Gasteiger partial charge in [0, 0.05) is 24.8 Å². The zero-order valence-electron chi connectivity index (χ0n) is 18.2. The molecule has 1 saturated heterocycles. The van der Waals surface area contributed by atoms with Crippen LogP contribution in [-0.4, -0.2) is 31.5 Å². The predicted molar refractivity (Wildman–Crippen MR) is 123 cm³/mol. The molecule has 0 spiro atoms. The van der Waals surface area contributed by atoms with Crippen molar-refractivity contribution in [3.63, 3.8) is 0 Å². The van der Waals surface area contributed by atoms with Gasteiger partial charge in [-0.2, -0.15) is 13.2 Å². The van der Waals surface area contributed by atoms with Gasteiger partial charge in [-0.25, -0.2) is 22.8 Å². The Kier molecular flexibility index (Phi) is 5.60. The first kappa shape index (κ1) is 23.4. The van der Waals surface area contributed by atoms with Crippen molar-refractivity contribution < 1.29 is 26.0 Å². The Bertz CT molecular complexity index is 1520. The Morgan fingerprint density at radius 1 is 0.971 bits per heavy atom. The van der Waals surface area contributed by atoms with Crippen LogP contribution >= 0.6 is 0 Å². The maximum Gasteiger partial charge on any atom is 0.416 e. The van der Waals surface area contributed by atoms with Crippen LogP contribution < -0.4 is 5.32 Å². The van der Waals surface area contributed by atoms with Gasteiger partial charge in [0.15, 0.2) is 15.5 Å². The quantitative estimate of drug-likeness (QED) is 0.387. The molecule has 0 atom stereocenters. The van der Waals surface area contributed by atoms with E-state index in [1.165, 1.54) is 36.8 Å². The zero-order valence-corrected chi connectivity index (χ0v) is 19.0. The van der Waals surface area contributed by atoms with Crippen molar-refractivity contribution >= 4 is 20.6 Å². The van der Waals surface area contributed by atoms with Crippen molar-refractivity contribution in [2.24, 2.45) is 0 Å². The molecule has 4 aromatic rings. The third-order valence-electron chi connectivity index (χ3n) is 6.12. The van der Waals surface area contributed by atoms with Crippen LogP contribution in [0.3, 0.4) is 0 Å². The first-order valence-corrected chi connectivity index (χ1v) is 12.3. The molecule has 10 heteroatoms. The van der Waals surface area contributed by atoms with Crippen LogP contribution in [0.5, 0.6) is 0 Å². The molecule has 1 aromatic heterocycles. The van der Waals surface area contributed by atoms with Crippen LogP contribution in [0.25, 0.3) is 21.9 Å². The number of nitrogens with zero attached hydrogens (tertiary/aromatic N) is 2. The minimum atomic E-state index is -4.60. The van der Waals surface area contributed by atoms with E-state index >= 15 is 4.39 Å². The zero-order chi connectivity index (χ0) is 24.8. The fourth-order valence-corrected chi connectivity index (χ4v) is 5.54. The fraction of sp³-hybridized carbons (Fsp3) is 0.200. The Hall–Kier alpha value is -3.37. The molecule has 0 bridgehead atoms. The number of fused-ring (bicyclic) bond motifs is 1. The van der Waals surface area contributed by atoms with E-state index in [0.29, 0.717) is 27.6 Å². The van der Waals surface area contributed by atoms with Crippen molar-refractivity contribution in [1.29, 1.82) is 0 Å². The molecule has 0 unspecified atom stereocenters. The highest BCUT2D eigenvalue weighted by Gasteiger charge is 2.42. The lowest BCUT2D eigenvalue weighted by atomic mass is 9.82. The van der Waals surface area contributed by atoms with E-state index in [1.54, 1.807) is 24.3 Å². The van der Waals surface area contributed by atoms with Gasteiger partial charge in [-0.15, -0.1) is 0 Å². The summed E-state index contributed by atoms with van der Waals surface area (Å²) < 4.78 is 81.5. The lowest BCUT2D eigenvalue weighted by Gasteiger charge is -2.37. The maximum absolute atomic E-state index is 15.5. The van der Waals surface area contributed by atoms with Gasteiger partial charge in [0.2, 0.25) is 0 Å². The van der Waals surface area contributed by atoms with E-state index in [1.807, 2.05) is 0 Å². The minimum Gasteiger partial charge on any atom is -0.310 e. The van der Waals surface area contributed by atoms with Gasteiger partial charge in [-0.05, 0) is 52.2 Å². The lowest BCUT2D eigenvalue weighted by Crippen LogP contribution is -2.54. The molecule has 1 aliphatic rings. The van der Waals surface area contributed by atoms with Crippen LogP contribution in [0.2, 0.25) is 0 Å². The predicted octanol–water partition coefficient (Wildman–Crippen LogP) is 5.06. The summed E-state index contributed by atoms with van der Waals surface area (Å²) in [6, 6.07) is 14.2. The van der Waals surface area contributed by atoms with Crippen molar-refractivity contribution in [3.05, 3.63) is 90.0 Å². The van der Waals surface area contributed by atoms with Gasteiger partial charge in [0.25, 0.3) is 0 Å². The average Bonchev–Trinajstić information content (AvgIpc) is 2.81. The molecular weight excluding hydrogens is 482 g/mol. The molecule has 2 heterocycles. The van der Waals surface area contributed by atoms with Gasteiger partial charge in [0.1, 0.15) is 6.33 Å². The Morgan fingerprint density at radius 3 is 2.43 bits per heavy atom. The molecule has 3 aromatic carbocycles. The van der Waals surface area contributed by atoms with E-state index in [9.17, 15) is 21.6 Å². The summed E-state index contributed by atoms with van der Waals surface area (Å²) in [5.74, 6) is -0.304. The summed E-state index contributed by atoms with van der Waals surface area (Å²) >= 11 is 0. The highest BCUT2D eigenvalue weighted by Crippen LogP contribution is 2.43. The number of aromatic nitrogens is 2. The van der Waals surface area contributed by atoms with Crippen LogP contribution in [-0.2, 0) is 27.4 Å². The number of benzene rings is 3. The molecule has 0 aliphatic carbocycles. The summed E-state index contributed by atoms with van der Waals surface area (Å²) in [7, 11) is -3.71. The van der Waals surface area contributed by atoms with Crippen LogP contribution in [0.4, 0.5) is 17.6 Å². The SMILES string of the molecule is O=S(=O)(Cc1ccncn1)c1ccc2c(-c3ccc(C(F)(F)F)cc3C3(F)CNC3)cccc2c1. The number of hydrogen-bond donors (Lipinski definition) is 1. The number of rotatable bonds is 5. The largest absolute Gasteiger partial charge is 0.416 e. The van der Waals surface area contributed by atoms with Crippen molar-refractivity contribution in [2.45, 2.75) is 22.5 Å². The van der Waals surface area contributed by atoms with Crippen molar-refractivity contribution in [3.8, 4) is 11.1 Å². The number of hydrogen-bond acceptors (Lipinski definition) is 5. The topological polar surface area (TPSA) is 72.0 Å². The molecule has 1 fully saturated rings. The van der Waals surface area contributed by atoms with Crippen LogP contribution in [0, 0.1) is 0 Å². The van der Waals surface area contributed by atoms with Crippen LogP contribution in [0.15, 0.2) is 78.1 Å². The molecule has 180 valence electrons. The fourth-order valence-electron chi connectivity index (χ4n) is 4.23. The second-order valence-corrected chi connectivity index (χ2v) is 10.5. The smallest absolute Gasteiger partial charge is 0.310 e. The first-order chi connectivity index (χ1) is 16.6. The Morgan fingerprint density at radius 2 is 1.77 bits per heavy atom. The number of halogens is 4. The molecule has 0 saturated carbocycles. The third kappa shape index (κ3) is 4.39. The molecule has 35 heavy (non-hydrogen) atoms. The third-order valence-corrected chi connectivity index (χ3v) is 7.77. The summed E-state index contributed by atoms with van der Waals surface area (Å²) in [6.45, 7) is -0.172.